The van der Waals surface area contributed by atoms with Crippen LogP contribution in [0.5, 0.6) is 0 Å². The highest BCUT2D eigenvalue weighted by molar-refractivity contribution is 9.10. The van der Waals surface area contributed by atoms with Crippen molar-refractivity contribution in [2.75, 3.05) is 11.6 Å². The topological polar surface area (TPSA) is 89.3 Å². The zero-order valence-corrected chi connectivity index (χ0v) is 14.1. The first-order chi connectivity index (χ1) is 9.79. The van der Waals surface area contributed by atoms with Gasteiger partial charge < -0.3 is 5.32 Å². The number of rotatable bonds is 5. The third kappa shape index (κ3) is 3.80. The lowest BCUT2D eigenvalue weighted by molar-refractivity contribution is -0.387. The molecule has 9 heteroatoms. The van der Waals surface area contributed by atoms with E-state index >= 15 is 0 Å². The van der Waals surface area contributed by atoms with Crippen LogP contribution in [0.3, 0.4) is 0 Å². The zero-order valence-electron chi connectivity index (χ0n) is 10.9. The molecule has 2 aromatic rings. The molecule has 0 spiro atoms. The van der Waals surface area contributed by atoms with Gasteiger partial charge in [-0.3, -0.25) is 10.1 Å². The second kappa shape index (κ2) is 6.12. The van der Waals surface area contributed by atoms with Crippen molar-refractivity contribution in [3.05, 3.63) is 49.1 Å². The van der Waals surface area contributed by atoms with Gasteiger partial charge in [0.15, 0.2) is 9.84 Å². The number of nitro benzene ring substituents is 1. The molecular weight excluding hydrogens is 380 g/mol. The minimum atomic E-state index is -3.67. The normalized spacial score (nSPS) is 11.3. The maximum atomic E-state index is 11.7. The summed E-state index contributed by atoms with van der Waals surface area (Å²) >= 11 is 4.95. The van der Waals surface area contributed by atoms with E-state index in [2.05, 4.69) is 21.2 Å². The summed E-state index contributed by atoms with van der Waals surface area (Å²) in [5, 5.41) is 15.9. The van der Waals surface area contributed by atoms with Crippen molar-refractivity contribution >= 4 is 48.5 Å². The molecule has 1 N–H and O–H groups in total. The Labute approximate surface area is 134 Å². The first-order valence-corrected chi connectivity index (χ1v) is 9.29. The average molecular weight is 391 g/mol. The number of nitro groups is 1. The number of benzene rings is 1. The van der Waals surface area contributed by atoms with Crippen LogP contribution >= 0.6 is 27.3 Å². The van der Waals surface area contributed by atoms with Crippen molar-refractivity contribution in [3.63, 3.8) is 0 Å². The monoisotopic (exact) mass is 390 g/mol. The maximum Gasteiger partial charge on any atom is 0.288 e. The van der Waals surface area contributed by atoms with Crippen LogP contribution in [0.1, 0.15) is 4.88 Å². The molecule has 6 nitrogen and oxygen atoms in total. The minimum absolute atomic E-state index is 0.289. The molecule has 1 heterocycles. The van der Waals surface area contributed by atoms with Gasteiger partial charge in [-0.2, -0.15) is 0 Å². The van der Waals surface area contributed by atoms with Gasteiger partial charge in [0.25, 0.3) is 5.69 Å². The molecule has 0 amide bonds. The molecule has 0 fully saturated rings. The molecule has 0 bridgehead atoms. The lowest BCUT2D eigenvalue weighted by Gasteiger charge is -2.08. The summed E-state index contributed by atoms with van der Waals surface area (Å²) in [5.74, 6) is 0. The van der Waals surface area contributed by atoms with Gasteiger partial charge in [-0.1, -0.05) is 0 Å². The SMILES string of the molecule is CS(=O)(=O)c1cc(NCc2sccc2Br)ccc1[N+](=O)[O-]. The average Bonchev–Trinajstić information content (AvgIpc) is 2.80. The number of thiophene rings is 1. The van der Waals surface area contributed by atoms with E-state index in [1.54, 1.807) is 11.3 Å². The van der Waals surface area contributed by atoms with Crippen molar-refractivity contribution in [2.45, 2.75) is 11.4 Å². The number of anilines is 1. The molecule has 0 aliphatic rings. The van der Waals surface area contributed by atoms with Gasteiger partial charge >= 0.3 is 0 Å². The largest absolute Gasteiger partial charge is 0.380 e. The summed E-state index contributed by atoms with van der Waals surface area (Å²) < 4.78 is 24.3. The van der Waals surface area contributed by atoms with Crippen molar-refractivity contribution in [1.82, 2.24) is 0 Å². The molecule has 2 rings (SSSR count). The lowest BCUT2D eigenvalue weighted by atomic mass is 10.3. The summed E-state index contributed by atoms with van der Waals surface area (Å²) in [5.41, 5.74) is 0.0988. The summed E-state index contributed by atoms with van der Waals surface area (Å²) in [6, 6.07) is 5.89. The van der Waals surface area contributed by atoms with Crippen molar-refractivity contribution in [2.24, 2.45) is 0 Å². The molecule has 112 valence electrons. The molecule has 0 aliphatic carbocycles. The second-order valence-corrected chi connectivity index (χ2v) is 8.10. The van der Waals surface area contributed by atoms with Crippen LogP contribution in [0.15, 0.2) is 39.0 Å². The zero-order chi connectivity index (χ0) is 15.6. The molecular formula is C12H11BrN2O4S2. The summed E-state index contributed by atoms with van der Waals surface area (Å²) in [4.78, 5) is 10.9. The molecule has 0 saturated heterocycles. The van der Waals surface area contributed by atoms with Crippen molar-refractivity contribution < 1.29 is 13.3 Å². The quantitative estimate of drug-likeness (QED) is 0.623. The summed E-state index contributed by atoms with van der Waals surface area (Å²) in [6.07, 6.45) is 0.953. The van der Waals surface area contributed by atoms with Crippen LogP contribution in [0.4, 0.5) is 11.4 Å². The van der Waals surface area contributed by atoms with Crippen LogP contribution in [-0.2, 0) is 16.4 Å². The fraction of sp³-hybridized carbons (Fsp3) is 0.167. The van der Waals surface area contributed by atoms with E-state index in [1.165, 1.54) is 18.2 Å². The first kappa shape index (κ1) is 15.9. The number of sulfone groups is 1. The van der Waals surface area contributed by atoms with E-state index in [-0.39, 0.29) is 4.90 Å². The second-order valence-electron chi connectivity index (χ2n) is 4.26. The highest BCUT2D eigenvalue weighted by Gasteiger charge is 2.22. The Balaban J connectivity index is 2.30. The van der Waals surface area contributed by atoms with Crippen molar-refractivity contribution in [3.8, 4) is 0 Å². The standard InChI is InChI=1S/C12H11BrN2O4S2/c1-21(18,19)12-6-8(2-3-10(12)15(16)17)14-7-11-9(13)4-5-20-11/h2-6,14H,7H2,1H3. The summed E-state index contributed by atoms with van der Waals surface area (Å²) in [7, 11) is -3.67. The van der Waals surface area contributed by atoms with E-state index in [9.17, 15) is 18.5 Å². The molecule has 1 aromatic heterocycles. The van der Waals surface area contributed by atoms with Gasteiger partial charge in [0.2, 0.25) is 0 Å². The summed E-state index contributed by atoms with van der Waals surface area (Å²) in [6.45, 7) is 0.499. The molecule has 0 saturated carbocycles. The van der Waals surface area contributed by atoms with Crippen LogP contribution in [0.25, 0.3) is 0 Å². The van der Waals surface area contributed by atoms with E-state index in [1.807, 2.05) is 11.4 Å². The maximum absolute atomic E-state index is 11.7. The smallest absolute Gasteiger partial charge is 0.288 e. The lowest BCUT2D eigenvalue weighted by Crippen LogP contribution is -2.05. The minimum Gasteiger partial charge on any atom is -0.380 e. The third-order valence-electron chi connectivity index (χ3n) is 2.70. The van der Waals surface area contributed by atoms with E-state index in [0.717, 1.165) is 15.6 Å². The van der Waals surface area contributed by atoms with Gasteiger partial charge in [-0.15, -0.1) is 11.3 Å². The number of hydrogen-bond acceptors (Lipinski definition) is 6. The Morgan fingerprint density at radius 3 is 2.62 bits per heavy atom. The fourth-order valence-corrected chi connectivity index (χ4v) is 4.00. The van der Waals surface area contributed by atoms with E-state index in [4.69, 9.17) is 0 Å². The van der Waals surface area contributed by atoms with Gasteiger partial charge in [0.05, 0.1) is 11.5 Å². The third-order valence-corrected chi connectivity index (χ3v) is 5.75. The number of nitrogens with zero attached hydrogens (tertiary/aromatic N) is 1. The van der Waals surface area contributed by atoms with Crippen LogP contribution < -0.4 is 5.32 Å². The van der Waals surface area contributed by atoms with Crippen LogP contribution in [-0.4, -0.2) is 19.6 Å². The Morgan fingerprint density at radius 2 is 2.10 bits per heavy atom. The Bertz CT molecular complexity index is 786. The first-order valence-electron chi connectivity index (χ1n) is 5.73. The molecule has 0 radical (unpaired) electrons. The number of nitrogens with one attached hydrogen (secondary N) is 1. The molecule has 1 aromatic carbocycles. The van der Waals surface area contributed by atoms with Gasteiger partial charge in [0.1, 0.15) is 4.90 Å². The van der Waals surface area contributed by atoms with E-state index < -0.39 is 20.4 Å². The van der Waals surface area contributed by atoms with Crippen LogP contribution in [0, 0.1) is 10.1 Å². The molecule has 0 aliphatic heterocycles. The van der Waals surface area contributed by atoms with Gasteiger partial charge in [-0.25, -0.2) is 8.42 Å². The Morgan fingerprint density at radius 1 is 1.38 bits per heavy atom. The molecule has 0 unspecified atom stereocenters. The van der Waals surface area contributed by atoms with Gasteiger partial charge in [0, 0.05) is 27.4 Å². The predicted octanol–water partition coefficient (Wildman–Crippen LogP) is 3.43. The fourth-order valence-electron chi connectivity index (χ4n) is 1.71. The molecule has 0 atom stereocenters. The predicted molar refractivity (Wildman–Crippen MR) is 85.6 cm³/mol. The Hall–Kier alpha value is -1.45. The highest BCUT2D eigenvalue weighted by atomic mass is 79.9. The number of halogens is 1. The Kier molecular flexibility index (Phi) is 4.64. The molecule has 21 heavy (non-hydrogen) atoms. The number of hydrogen-bond donors (Lipinski definition) is 1. The van der Waals surface area contributed by atoms with Crippen LogP contribution in [0.2, 0.25) is 0 Å². The van der Waals surface area contributed by atoms with Crippen molar-refractivity contribution in [1.29, 1.82) is 0 Å². The highest BCUT2D eigenvalue weighted by Crippen LogP contribution is 2.28. The van der Waals surface area contributed by atoms with E-state index in [0.29, 0.717) is 12.2 Å². The van der Waals surface area contributed by atoms with Gasteiger partial charge in [-0.05, 0) is 39.5 Å².